The van der Waals surface area contributed by atoms with Gasteiger partial charge in [-0.2, -0.15) is 0 Å². The number of morpholine rings is 1. The quantitative estimate of drug-likeness (QED) is 0.869. The van der Waals surface area contributed by atoms with Crippen molar-refractivity contribution in [3.05, 3.63) is 23.2 Å². The average molecular weight is 252 g/mol. The molecule has 0 bridgehead atoms. The Morgan fingerprint density at radius 2 is 2.33 bits per heavy atom. The molecule has 2 rings (SSSR count). The Morgan fingerprint density at radius 1 is 1.50 bits per heavy atom. The molecule has 1 atom stereocenters. The third-order valence-corrected chi connectivity index (χ3v) is 3.50. The van der Waals surface area contributed by atoms with Crippen molar-refractivity contribution in [2.24, 2.45) is 0 Å². The first-order valence-electron chi connectivity index (χ1n) is 6.81. The second-order valence-corrected chi connectivity index (χ2v) is 4.97. The van der Waals surface area contributed by atoms with Crippen molar-refractivity contribution in [2.75, 3.05) is 26.3 Å². The summed E-state index contributed by atoms with van der Waals surface area (Å²) in [6, 6.07) is 2.65. The van der Waals surface area contributed by atoms with Crippen molar-refractivity contribution in [3.8, 4) is 0 Å². The fourth-order valence-corrected chi connectivity index (χ4v) is 2.30. The largest absolute Gasteiger partial charge is 0.465 e. The van der Waals surface area contributed by atoms with Gasteiger partial charge in [-0.05, 0) is 26.5 Å². The Balaban J connectivity index is 1.96. The fraction of sp³-hybridized carbons (Fsp3) is 0.714. The standard InChI is InChI=1S/C14H24N2O2/c1-4-15-8-13-7-14(18-12(13)3)9-16-5-6-17-10-11(16)2/h7,11,15H,4-6,8-10H2,1-3H3. The third-order valence-electron chi connectivity index (χ3n) is 3.50. The molecule has 0 spiro atoms. The Labute approximate surface area is 109 Å². The van der Waals surface area contributed by atoms with Gasteiger partial charge in [0.15, 0.2) is 0 Å². The van der Waals surface area contributed by atoms with Gasteiger partial charge in [0.25, 0.3) is 0 Å². The molecule has 1 aliphatic rings. The van der Waals surface area contributed by atoms with Crippen LogP contribution in [0.3, 0.4) is 0 Å². The van der Waals surface area contributed by atoms with E-state index in [0.29, 0.717) is 6.04 Å². The van der Waals surface area contributed by atoms with Crippen LogP contribution in [0, 0.1) is 6.92 Å². The smallest absolute Gasteiger partial charge is 0.118 e. The van der Waals surface area contributed by atoms with Gasteiger partial charge < -0.3 is 14.5 Å². The summed E-state index contributed by atoms with van der Waals surface area (Å²) in [6.45, 7) is 11.8. The van der Waals surface area contributed by atoms with Gasteiger partial charge in [-0.3, -0.25) is 4.90 Å². The molecule has 1 aromatic rings. The number of furan rings is 1. The topological polar surface area (TPSA) is 37.6 Å². The lowest BCUT2D eigenvalue weighted by atomic mass is 10.2. The molecule has 2 heterocycles. The Hall–Kier alpha value is -0.840. The first-order valence-corrected chi connectivity index (χ1v) is 6.81. The molecule has 4 nitrogen and oxygen atoms in total. The second kappa shape index (κ2) is 6.36. The van der Waals surface area contributed by atoms with Crippen molar-refractivity contribution in [3.63, 3.8) is 0 Å². The van der Waals surface area contributed by atoms with E-state index in [0.717, 1.165) is 50.9 Å². The zero-order valence-corrected chi connectivity index (χ0v) is 11.7. The minimum Gasteiger partial charge on any atom is -0.465 e. The number of ether oxygens (including phenoxy) is 1. The molecule has 1 fully saturated rings. The number of hydrogen-bond donors (Lipinski definition) is 1. The van der Waals surface area contributed by atoms with Crippen molar-refractivity contribution in [2.45, 2.75) is 39.9 Å². The van der Waals surface area contributed by atoms with Crippen molar-refractivity contribution in [1.29, 1.82) is 0 Å². The minimum atomic E-state index is 0.473. The highest BCUT2D eigenvalue weighted by molar-refractivity contribution is 5.20. The molecule has 102 valence electrons. The third kappa shape index (κ3) is 3.34. The van der Waals surface area contributed by atoms with Gasteiger partial charge in [0, 0.05) is 24.7 Å². The molecule has 1 aromatic heterocycles. The highest BCUT2D eigenvalue weighted by Crippen LogP contribution is 2.18. The minimum absolute atomic E-state index is 0.473. The molecule has 0 saturated carbocycles. The van der Waals surface area contributed by atoms with Gasteiger partial charge in [0.05, 0.1) is 19.8 Å². The Kier molecular flexibility index (Phi) is 4.80. The Bertz CT molecular complexity index is 376. The number of aryl methyl sites for hydroxylation is 1. The van der Waals surface area contributed by atoms with Crippen molar-refractivity contribution in [1.82, 2.24) is 10.2 Å². The molecular weight excluding hydrogens is 228 g/mol. The van der Waals surface area contributed by atoms with Crippen LogP contribution in [0.5, 0.6) is 0 Å². The van der Waals surface area contributed by atoms with Crippen LogP contribution in [-0.4, -0.2) is 37.2 Å². The number of rotatable bonds is 5. The van der Waals surface area contributed by atoms with Crippen LogP contribution < -0.4 is 5.32 Å². The monoisotopic (exact) mass is 252 g/mol. The van der Waals surface area contributed by atoms with Gasteiger partial charge in [0.2, 0.25) is 0 Å². The van der Waals surface area contributed by atoms with Crippen molar-refractivity contribution < 1.29 is 9.15 Å². The van der Waals surface area contributed by atoms with E-state index in [-0.39, 0.29) is 0 Å². The lowest BCUT2D eigenvalue weighted by Gasteiger charge is -2.32. The normalized spacial score (nSPS) is 21.4. The van der Waals surface area contributed by atoms with Gasteiger partial charge in [-0.1, -0.05) is 6.92 Å². The van der Waals surface area contributed by atoms with E-state index in [1.165, 1.54) is 5.56 Å². The summed E-state index contributed by atoms with van der Waals surface area (Å²) in [4.78, 5) is 2.42. The van der Waals surface area contributed by atoms with Gasteiger partial charge in [-0.25, -0.2) is 0 Å². The summed E-state index contributed by atoms with van der Waals surface area (Å²) in [5.41, 5.74) is 1.27. The second-order valence-electron chi connectivity index (χ2n) is 4.97. The molecule has 18 heavy (non-hydrogen) atoms. The molecule has 1 saturated heterocycles. The average Bonchev–Trinajstić information content (AvgIpc) is 2.70. The lowest BCUT2D eigenvalue weighted by molar-refractivity contribution is -0.00717. The van der Waals surface area contributed by atoms with Gasteiger partial charge in [-0.15, -0.1) is 0 Å². The molecule has 1 aliphatic heterocycles. The molecule has 1 N–H and O–H groups in total. The van der Waals surface area contributed by atoms with Crippen LogP contribution in [0.25, 0.3) is 0 Å². The highest BCUT2D eigenvalue weighted by Gasteiger charge is 2.20. The summed E-state index contributed by atoms with van der Waals surface area (Å²) in [5.74, 6) is 2.10. The molecule has 0 radical (unpaired) electrons. The van der Waals surface area contributed by atoms with E-state index in [1.54, 1.807) is 0 Å². The van der Waals surface area contributed by atoms with E-state index in [1.807, 2.05) is 6.92 Å². The van der Waals surface area contributed by atoms with Crippen molar-refractivity contribution >= 4 is 0 Å². The number of nitrogens with zero attached hydrogens (tertiary/aromatic N) is 1. The van der Waals surface area contributed by atoms with Crippen LogP contribution in [0.2, 0.25) is 0 Å². The predicted molar refractivity (Wildman–Crippen MR) is 71.5 cm³/mol. The summed E-state index contributed by atoms with van der Waals surface area (Å²) in [6.07, 6.45) is 0. The van der Waals surface area contributed by atoms with Crippen LogP contribution in [0.4, 0.5) is 0 Å². The summed E-state index contributed by atoms with van der Waals surface area (Å²) < 4.78 is 11.3. The van der Waals surface area contributed by atoms with Crippen LogP contribution in [0.1, 0.15) is 30.9 Å². The number of nitrogens with one attached hydrogen (secondary N) is 1. The maximum Gasteiger partial charge on any atom is 0.118 e. The van der Waals surface area contributed by atoms with Crippen LogP contribution in [0.15, 0.2) is 10.5 Å². The molecule has 0 amide bonds. The number of hydrogen-bond acceptors (Lipinski definition) is 4. The van der Waals surface area contributed by atoms with E-state index < -0.39 is 0 Å². The molecule has 1 unspecified atom stereocenters. The maximum atomic E-state index is 5.84. The van der Waals surface area contributed by atoms with E-state index >= 15 is 0 Å². The molecular formula is C14H24N2O2. The van der Waals surface area contributed by atoms with Gasteiger partial charge in [0.1, 0.15) is 11.5 Å². The molecule has 0 aliphatic carbocycles. The van der Waals surface area contributed by atoms with Crippen LogP contribution in [-0.2, 0) is 17.8 Å². The zero-order chi connectivity index (χ0) is 13.0. The van der Waals surface area contributed by atoms with E-state index in [4.69, 9.17) is 9.15 Å². The zero-order valence-electron chi connectivity index (χ0n) is 11.7. The van der Waals surface area contributed by atoms with Gasteiger partial charge >= 0.3 is 0 Å². The Morgan fingerprint density at radius 3 is 3.06 bits per heavy atom. The summed E-state index contributed by atoms with van der Waals surface area (Å²) >= 11 is 0. The summed E-state index contributed by atoms with van der Waals surface area (Å²) in [7, 11) is 0. The first-order chi connectivity index (χ1) is 8.70. The highest BCUT2D eigenvalue weighted by atomic mass is 16.5. The predicted octanol–water partition coefficient (Wildman–Crippen LogP) is 1.92. The fourth-order valence-electron chi connectivity index (χ4n) is 2.30. The molecule has 0 aromatic carbocycles. The summed E-state index contributed by atoms with van der Waals surface area (Å²) in [5, 5.41) is 3.34. The van der Waals surface area contributed by atoms with E-state index in [9.17, 15) is 0 Å². The lowest BCUT2D eigenvalue weighted by Crippen LogP contribution is -2.42. The van der Waals surface area contributed by atoms with E-state index in [2.05, 4.69) is 30.1 Å². The first kappa shape index (κ1) is 13.6. The molecule has 4 heteroatoms. The van der Waals surface area contributed by atoms with Crippen LogP contribution >= 0.6 is 0 Å². The SMILES string of the molecule is CCNCc1cc(CN2CCOCC2C)oc1C. The maximum absolute atomic E-state index is 5.84.